The third-order valence-corrected chi connectivity index (χ3v) is 7.75. The smallest absolute Gasteiger partial charge is 0.277 e. The number of aryl methyl sites for hydroxylation is 1. The summed E-state index contributed by atoms with van der Waals surface area (Å²) in [6.07, 6.45) is 3.48. The molecule has 1 aromatic carbocycles. The Morgan fingerprint density at radius 1 is 1.22 bits per heavy atom. The highest BCUT2D eigenvalue weighted by Crippen LogP contribution is 2.37. The summed E-state index contributed by atoms with van der Waals surface area (Å²) in [5.74, 6) is 2.97. The van der Waals surface area contributed by atoms with E-state index in [1.165, 1.54) is 28.6 Å². The van der Waals surface area contributed by atoms with Crippen molar-refractivity contribution in [2.75, 3.05) is 26.0 Å². The Morgan fingerprint density at radius 2 is 2.06 bits per heavy atom. The fourth-order valence-electron chi connectivity index (χ4n) is 3.96. The number of nitrogens with zero attached hydrogens (tertiary/aromatic N) is 3. The minimum absolute atomic E-state index is 0.00906. The molecule has 0 saturated heterocycles. The average molecular weight is 472 g/mol. The van der Waals surface area contributed by atoms with E-state index < -0.39 is 0 Å². The lowest BCUT2D eigenvalue weighted by Crippen LogP contribution is -2.27. The molecule has 168 valence electrons. The summed E-state index contributed by atoms with van der Waals surface area (Å²) in [5, 5.41) is 8.75. The van der Waals surface area contributed by atoms with Crippen molar-refractivity contribution in [1.82, 2.24) is 15.1 Å². The first-order chi connectivity index (χ1) is 15.5. The maximum atomic E-state index is 12.6. The highest BCUT2D eigenvalue weighted by atomic mass is 32.2. The van der Waals surface area contributed by atoms with Gasteiger partial charge in [0.25, 0.3) is 11.1 Å². The Hall–Kier alpha value is -2.52. The van der Waals surface area contributed by atoms with E-state index in [9.17, 15) is 4.79 Å². The minimum Gasteiger partial charge on any atom is -0.486 e. The zero-order chi connectivity index (χ0) is 22.1. The third-order valence-electron chi connectivity index (χ3n) is 5.72. The zero-order valence-corrected chi connectivity index (χ0v) is 19.8. The van der Waals surface area contributed by atoms with Crippen LogP contribution in [-0.2, 0) is 24.2 Å². The van der Waals surface area contributed by atoms with Crippen LogP contribution in [0.25, 0.3) is 10.8 Å². The van der Waals surface area contributed by atoms with Gasteiger partial charge >= 0.3 is 0 Å². The van der Waals surface area contributed by atoms with Crippen LogP contribution in [0.2, 0.25) is 0 Å². The Balaban J connectivity index is 1.16. The molecule has 7 nitrogen and oxygen atoms in total. The van der Waals surface area contributed by atoms with E-state index in [4.69, 9.17) is 13.9 Å². The van der Waals surface area contributed by atoms with Crippen LogP contribution in [0.5, 0.6) is 11.5 Å². The predicted octanol–water partition coefficient (Wildman–Crippen LogP) is 4.44. The van der Waals surface area contributed by atoms with Crippen LogP contribution in [0, 0.1) is 5.92 Å². The van der Waals surface area contributed by atoms with Gasteiger partial charge in [-0.05, 0) is 54.5 Å². The fourth-order valence-corrected chi connectivity index (χ4v) is 5.79. The topological polar surface area (TPSA) is 77.7 Å². The molecule has 0 N–H and O–H groups in total. The lowest BCUT2D eigenvalue weighted by Gasteiger charge is -2.21. The molecule has 0 saturated carbocycles. The number of benzene rings is 1. The number of amides is 1. The molecule has 9 heteroatoms. The summed E-state index contributed by atoms with van der Waals surface area (Å²) in [6, 6.07) is 7.96. The molecule has 0 radical (unpaired) electrons. The van der Waals surface area contributed by atoms with Gasteiger partial charge in [0.2, 0.25) is 5.91 Å². The molecule has 3 heterocycles. The molecule has 3 aromatic rings. The molecule has 1 atom stereocenters. The number of aromatic nitrogens is 2. The molecule has 0 unspecified atom stereocenters. The van der Waals surface area contributed by atoms with Gasteiger partial charge in [-0.1, -0.05) is 24.8 Å². The van der Waals surface area contributed by atoms with Gasteiger partial charge in [0.15, 0.2) is 11.5 Å². The summed E-state index contributed by atoms with van der Waals surface area (Å²) in [5.41, 5.74) is 2.40. The molecule has 1 amide bonds. The van der Waals surface area contributed by atoms with Gasteiger partial charge in [-0.3, -0.25) is 4.79 Å². The van der Waals surface area contributed by atoms with Gasteiger partial charge in [-0.15, -0.1) is 21.5 Å². The van der Waals surface area contributed by atoms with Gasteiger partial charge in [-0.25, -0.2) is 0 Å². The Kier molecular flexibility index (Phi) is 6.10. The number of fused-ring (bicyclic) bond motifs is 2. The van der Waals surface area contributed by atoms with E-state index in [-0.39, 0.29) is 11.7 Å². The summed E-state index contributed by atoms with van der Waals surface area (Å²) >= 11 is 3.01. The van der Waals surface area contributed by atoms with Crippen molar-refractivity contribution in [3.63, 3.8) is 0 Å². The largest absolute Gasteiger partial charge is 0.486 e. The van der Waals surface area contributed by atoms with Crippen molar-refractivity contribution >= 4 is 29.0 Å². The van der Waals surface area contributed by atoms with E-state index in [2.05, 4.69) is 23.2 Å². The van der Waals surface area contributed by atoms with Crippen molar-refractivity contribution in [1.29, 1.82) is 0 Å². The summed E-state index contributed by atoms with van der Waals surface area (Å²) < 4.78 is 17.0. The maximum Gasteiger partial charge on any atom is 0.277 e. The molecule has 2 aromatic heterocycles. The molecule has 0 bridgehead atoms. The molecule has 32 heavy (non-hydrogen) atoms. The second-order valence-electron chi connectivity index (χ2n) is 8.30. The van der Waals surface area contributed by atoms with Crippen molar-refractivity contribution in [2.45, 2.75) is 38.0 Å². The summed E-state index contributed by atoms with van der Waals surface area (Å²) in [4.78, 5) is 16.7. The summed E-state index contributed by atoms with van der Waals surface area (Å²) in [6.45, 7) is 3.89. The van der Waals surface area contributed by atoms with Crippen LogP contribution in [0.4, 0.5) is 0 Å². The van der Waals surface area contributed by atoms with E-state index in [1.807, 2.05) is 18.2 Å². The predicted molar refractivity (Wildman–Crippen MR) is 123 cm³/mol. The van der Waals surface area contributed by atoms with Crippen LogP contribution in [0.15, 0.2) is 33.9 Å². The van der Waals surface area contributed by atoms with Crippen molar-refractivity contribution in [2.24, 2.45) is 5.92 Å². The summed E-state index contributed by atoms with van der Waals surface area (Å²) in [7, 11) is 1.79. The molecule has 0 spiro atoms. The highest BCUT2D eigenvalue weighted by molar-refractivity contribution is 7.99. The lowest BCUT2D eigenvalue weighted by atomic mass is 9.90. The van der Waals surface area contributed by atoms with Crippen LogP contribution in [0.1, 0.15) is 29.3 Å². The van der Waals surface area contributed by atoms with E-state index in [0.29, 0.717) is 30.9 Å². The molecule has 1 aliphatic heterocycles. The Labute approximate surface area is 195 Å². The standard InChI is InChI=1S/C23H25N3O4S2/c1-14-3-6-19-16(9-14)11-20(32-19)22-24-25-23(30-22)31-13-21(27)26(2)12-15-4-5-17-18(10-15)29-8-7-28-17/h4-5,10-11,14H,3,6-9,12-13H2,1-2H3/t14-/m0/s1. The van der Waals surface area contributed by atoms with Crippen LogP contribution in [0.3, 0.4) is 0 Å². The molecule has 0 fully saturated rings. The number of carbonyl (C=O) groups is 1. The van der Waals surface area contributed by atoms with E-state index >= 15 is 0 Å². The lowest BCUT2D eigenvalue weighted by molar-refractivity contribution is -0.127. The first kappa shape index (κ1) is 21.3. The Bertz CT molecular complexity index is 1130. The van der Waals surface area contributed by atoms with Gasteiger partial charge in [-0.2, -0.15) is 0 Å². The van der Waals surface area contributed by atoms with Crippen molar-refractivity contribution in [3.05, 3.63) is 40.3 Å². The number of ether oxygens (including phenoxy) is 2. The van der Waals surface area contributed by atoms with Gasteiger partial charge in [0.05, 0.1) is 10.6 Å². The molecule has 1 aliphatic carbocycles. The van der Waals surface area contributed by atoms with Crippen molar-refractivity contribution < 1.29 is 18.7 Å². The SMILES string of the molecule is C[C@H]1CCc2sc(-c3nnc(SCC(=O)N(C)Cc4ccc5c(c4)OCCO5)o3)cc2C1. The average Bonchev–Trinajstić information content (AvgIpc) is 3.44. The van der Waals surface area contributed by atoms with Crippen LogP contribution in [-0.4, -0.2) is 47.0 Å². The second kappa shape index (κ2) is 9.15. The number of hydrogen-bond donors (Lipinski definition) is 0. The van der Waals surface area contributed by atoms with Gasteiger partial charge < -0.3 is 18.8 Å². The molecular formula is C23H25N3O4S2. The quantitative estimate of drug-likeness (QED) is 0.492. The fraction of sp³-hybridized carbons (Fsp3) is 0.435. The normalized spacial score (nSPS) is 17.1. The molecule has 2 aliphatic rings. The second-order valence-corrected chi connectivity index (χ2v) is 10.4. The van der Waals surface area contributed by atoms with E-state index in [1.54, 1.807) is 23.3 Å². The molecule has 5 rings (SSSR count). The number of carbonyl (C=O) groups excluding carboxylic acids is 1. The number of hydrogen-bond acceptors (Lipinski definition) is 8. The zero-order valence-electron chi connectivity index (χ0n) is 18.1. The maximum absolute atomic E-state index is 12.6. The monoisotopic (exact) mass is 471 g/mol. The van der Waals surface area contributed by atoms with Crippen LogP contribution < -0.4 is 9.47 Å². The van der Waals surface area contributed by atoms with Gasteiger partial charge in [0.1, 0.15) is 13.2 Å². The number of rotatable bonds is 6. The molecular weight excluding hydrogens is 446 g/mol. The Morgan fingerprint density at radius 3 is 2.94 bits per heavy atom. The third kappa shape index (κ3) is 4.63. The first-order valence-corrected chi connectivity index (χ1v) is 12.6. The number of thioether (sulfide) groups is 1. The minimum atomic E-state index is -0.00906. The number of thiophene rings is 1. The highest BCUT2D eigenvalue weighted by Gasteiger charge is 2.21. The van der Waals surface area contributed by atoms with Crippen LogP contribution >= 0.6 is 23.1 Å². The van der Waals surface area contributed by atoms with Gasteiger partial charge in [0, 0.05) is 18.5 Å². The van der Waals surface area contributed by atoms with E-state index in [0.717, 1.165) is 40.7 Å². The van der Waals surface area contributed by atoms with Crippen molar-refractivity contribution in [3.8, 4) is 22.3 Å². The first-order valence-electron chi connectivity index (χ1n) is 10.8.